The van der Waals surface area contributed by atoms with Crippen molar-refractivity contribution in [1.82, 2.24) is 10.2 Å². The molecule has 0 spiro atoms. The topological polar surface area (TPSA) is 95.9 Å². The van der Waals surface area contributed by atoms with Gasteiger partial charge in [-0.1, -0.05) is 75.7 Å². The second-order valence-electron chi connectivity index (χ2n) is 8.95. The van der Waals surface area contributed by atoms with Crippen LogP contribution in [0.2, 0.25) is 0 Å². The molecule has 7 heteroatoms. The number of carbonyl (C=O) groups is 3. The highest BCUT2D eigenvalue weighted by molar-refractivity contribution is 5.86. The number of nitrogens with zero attached hydrogens (tertiary/aromatic N) is 1. The molecule has 1 aliphatic rings. The lowest BCUT2D eigenvalue weighted by molar-refractivity contribution is -0.143. The SMILES string of the molecule is CCC(C)[C@H](NC(=O)OCC1c2ccccc2-c2ccccc21)C(=O)N(CC)CC(C)C(=O)O. The van der Waals surface area contributed by atoms with Crippen molar-refractivity contribution in [2.24, 2.45) is 11.8 Å². The molecule has 0 aliphatic heterocycles. The van der Waals surface area contributed by atoms with Crippen LogP contribution in [-0.2, 0) is 14.3 Å². The minimum atomic E-state index is -0.962. The van der Waals surface area contributed by atoms with E-state index < -0.39 is 24.0 Å². The molecule has 0 saturated heterocycles. The molecule has 2 aromatic carbocycles. The molecule has 2 aromatic rings. The van der Waals surface area contributed by atoms with E-state index >= 15 is 0 Å². The van der Waals surface area contributed by atoms with Crippen LogP contribution in [0.4, 0.5) is 4.79 Å². The van der Waals surface area contributed by atoms with Crippen molar-refractivity contribution in [1.29, 1.82) is 0 Å². The number of ether oxygens (including phenoxy) is 1. The number of carboxylic acids is 1. The number of hydrogen-bond acceptors (Lipinski definition) is 4. The normalized spacial score (nSPS) is 14.9. The van der Waals surface area contributed by atoms with E-state index in [0.29, 0.717) is 13.0 Å². The third-order valence-electron chi connectivity index (χ3n) is 6.71. The Labute approximate surface area is 201 Å². The molecular weight excluding hydrogens is 432 g/mol. The van der Waals surface area contributed by atoms with E-state index in [1.165, 1.54) is 4.90 Å². The van der Waals surface area contributed by atoms with Crippen molar-refractivity contribution in [3.05, 3.63) is 59.7 Å². The fraction of sp³-hybridized carbons (Fsp3) is 0.444. The van der Waals surface area contributed by atoms with Gasteiger partial charge in [0.2, 0.25) is 5.91 Å². The molecule has 2 unspecified atom stereocenters. The van der Waals surface area contributed by atoms with E-state index in [9.17, 15) is 19.5 Å². The van der Waals surface area contributed by atoms with Crippen molar-refractivity contribution in [3.8, 4) is 11.1 Å². The first-order valence-electron chi connectivity index (χ1n) is 11.9. The van der Waals surface area contributed by atoms with Gasteiger partial charge in [-0.05, 0) is 35.1 Å². The first kappa shape index (κ1) is 25.3. The second kappa shape index (κ2) is 11.2. The number of carbonyl (C=O) groups excluding carboxylic acids is 2. The number of benzene rings is 2. The smallest absolute Gasteiger partial charge is 0.407 e. The van der Waals surface area contributed by atoms with E-state index in [-0.39, 0.29) is 30.9 Å². The molecule has 3 atom stereocenters. The number of rotatable bonds is 10. The third kappa shape index (κ3) is 5.41. The highest BCUT2D eigenvalue weighted by Crippen LogP contribution is 2.44. The summed E-state index contributed by atoms with van der Waals surface area (Å²) in [5, 5.41) is 12.0. The number of aliphatic carboxylic acids is 1. The maximum Gasteiger partial charge on any atom is 0.407 e. The lowest BCUT2D eigenvalue weighted by Gasteiger charge is -2.30. The predicted octanol–water partition coefficient (Wildman–Crippen LogP) is 4.51. The Morgan fingerprint density at radius 3 is 2.06 bits per heavy atom. The lowest BCUT2D eigenvalue weighted by Crippen LogP contribution is -2.53. The zero-order chi connectivity index (χ0) is 24.8. The van der Waals surface area contributed by atoms with Crippen LogP contribution in [0, 0.1) is 11.8 Å². The van der Waals surface area contributed by atoms with E-state index in [1.807, 2.05) is 38.1 Å². The molecule has 0 saturated carbocycles. The zero-order valence-corrected chi connectivity index (χ0v) is 20.3. The van der Waals surface area contributed by atoms with Crippen LogP contribution in [0.3, 0.4) is 0 Å². The Hall–Kier alpha value is -3.35. The lowest BCUT2D eigenvalue weighted by atomic mass is 9.97. The van der Waals surface area contributed by atoms with Crippen LogP contribution in [0.1, 0.15) is 51.2 Å². The van der Waals surface area contributed by atoms with Gasteiger partial charge in [0.15, 0.2) is 0 Å². The number of likely N-dealkylation sites (N-methyl/N-ethyl adjacent to an activating group) is 1. The van der Waals surface area contributed by atoms with E-state index in [4.69, 9.17) is 4.74 Å². The molecule has 0 heterocycles. The summed E-state index contributed by atoms with van der Waals surface area (Å²) in [5.41, 5.74) is 4.52. The first-order chi connectivity index (χ1) is 16.3. The van der Waals surface area contributed by atoms with Crippen LogP contribution in [0.15, 0.2) is 48.5 Å². The first-order valence-corrected chi connectivity index (χ1v) is 11.9. The van der Waals surface area contributed by atoms with Crippen LogP contribution < -0.4 is 5.32 Å². The molecule has 182 valence electrons. The number of hydrogen-bond donors (Lipinski definition) is 2. The van der Waals surface area contributed by atoms with Crippen LogP contribution in [0.5, 0.6) is 0 Å². The molecule has 2 amide bonds. The van der Waals surface area contributed by atoms with Gasteiger partial charge >= 0.3 is 12.1 Å². The van der Waals surface area contributed by atoms with Crippen molar-refractivity contribution in [3.63, 3.8) is 0 Å². The summed E-state index contributed by atoms with van der Waals surface area (Å²) in [4.78, 5) is 38.8. The average Bonchev–Trinajstić information content (AvgIpc) is 3.17. The van der Waals surface area contributed by atoms with E-state index in [2.05, 4.69) is 29.6 Å². The number of fused-ring (bicyclic) bond motifs is 3. The van der Waals surface area contributed by atoms with Crippen LogP contribution in [-0.4, -0.2) is 53.7 Å². The van der Waals surface area contributed by atoms with Gasteiger partial charge in [0.25, 0.3) is 0 Å². The Morgan fingerprint density at radius 2 is 1.56 bits per heavy atom. The number of amides is 2. The fourth-order valence-electron chi connectivity index (χ4n) is 4.43. The summed E-state index contributed by atoms with van der Waals surface area (Å²) in [6.45, 7) is 7.80. The van der Waals surface area contributed by atoms with Crippen molar-refractivity contribution in [2.75, 3.05) is 19.7 Å². The Balaban J connectivity index is 1.70. The maximum absolute atomic E-state index is 13.2. The van der Waals surface area contributed by atoms with Gasteiger partial charge in [-0.3, -0.25) is 9.59 Å². The van der Waals surface area contributed by atoms with Gasteiger partial charge in [0.1, 0.15) is 12.6 Å². The van der Waals surface area contributed by atoms with Gasteiger partial charge in [-0.15, -0.1) is 0 Å². The zero-order valence-electron chi connectivity index (χ0n) is 20.3. The van der Waals surface area contributed by atoms with Crippen molar-refractivity contribution in [2.45, 2.75) is 46.1 Å². The summed E-state index contributed by atoms with van der Waals surface area (Å²) in [6, 6.07) is 15.4. The third-order valence-corrected chi connectivity index (χ3v) is 6.71. The standard InChI is InChI=1S/C27H34N2O5/c1-5-17(3)24(25(30)29(6-2)15-18(4)26(31)32)28-27(33)34-16-23-21-13-9-7-11-19(21)20-12-8-10-14-22(20)23/h7-14,17-18,23-24H,5-6,15-16H2,1-4H3,(H,28,33)(H,31,32)/t17?,18?,24-/m0/s1. The monoisotopic (exact) mass is 466 g/mol. The molecule has 2 N–H and O–H groups in total. The average molecular weight is 467 g/mol. The molecule has 0 aromatic heterocycles. The number of alkyl carbamates (subject to hydrolysis) is 1. The predicted molar refractivity (Wildman–Crippen MR) is 131 cm³/mol. The van der Waals surface area contributed by atoms with Gasteiger partial charge in [-0.25, -0.2) is 4.79 Å². The van der Waals surface area contributed by atoms with E-state index in [0.717, 1.165) is 22.3 Å². The highest BCUT2D eigenvalue weighted by atomic mass is 16.5. The molecule has 0 radical (unpaired) electrons. The Morgan fingerprint density at radius 1 is 1.00 bits per heavy atom. The highest BCUT2D eigenvalue weighted by Gasteiger charge is 2.33. The van der Waals surface area contributed by atoms with Crippen LogP contribution >= 0.6 is 0 Å². The Kier molecular flexibility index (Phi) is 8.31. The summed E-state index contributed by atoms with van der Waals surface area (Å²) in [7, 11) is 0. The molecule has 0 fully saturated rings. The summed E-state index contributed by atoms with van der Waals surface area (Å²) in [5.74, 6) is -2.16. The van der Waals surface area contributed by atoms with Gasteiger partial charge in [0, 0.05) is 19.0 Å². The van der Waals surface area contributed by atoms with Gasteiger partial charge in [0.05, 0.1) is 5.92 Å². The fourth-order valence-corrected chi connectivity index (χ4v) is 4.43. The summed E-state index contributed by atoms with van der Waals surface area (Å²) >= 11 is 0. The quantitative estimate of drug-likeness (QED) is 0.537. The maximum atomic E-state index is 13.2. The molecule has 1 aliphatic carbocycles. The van der Waals surface area contributed by atoms with Crippen molar-refractivity contribution >= 4 is 18.0 Å². The van der Waals surface area contributed by atoms with E-state index in [1.54, 1.807) is 13.8 Å². The number of carboxylic acid groups (broad SMARTS) is 1. The minimum Gasteiger partial charge on any atom is -0.481 e. The summed E-state index contributed by atoms with van der Waals surface area (Å²) < 4.78 is 5.63. The molecule has 7 nitrogen and oxygen atoms in total. The second-order valence-corrected chi connectivity index (χ2v) is 8.95. The van der Waals surface area contributed by atoms with Gasteiger partial charge in [-0.2, -0.15) is 0 Å². The number of nitrogens with one attached hydrogen (secondary N) is 1. The molecule has 0 bridgehead atoms. The minimum absolute atomic E-state index is 0.0699. The largest absolute Gasteiger partial charge is 0.481 e. The molecular formula is C27H34N2O5. The summed E-state index contributed by atoms with van der Waals surface area (Å²) in [6.07, 6.45) is 0.0226. The Bertz CT molecular complexity index is 992. The molecule has 3 rings (SSSR count). The van der Waals surface area contributed by atoms with Gasteiger partial charge < -0.3 is 20.1 Å². The van der Waals surface area contributed by atoms with Crippen molar-refractivity contribution < 1.29 is 24.2 Å². The van der Waals surface area contributed by atoms with Crippen LogP contribution in [0.25, 0.3) is 11.1 Å². The molecule has 34 heavy (non-hydrogen) atoms.